The van der Waals surface area contributed by atoms with Crippen molar-refractivity contribution in [2.45, 2.75) is 38.6 Å². The van der Waals surface area contributed by atoms with Gasteiger partial charge in [0.15, 0.2) is 0 Å². The van der Waals surface area contributed by atoms with E-state index in [1.54, 1.807) is 0 Å². The minimum Gasteiger partial charge on any atom is -0.315 e. The summed E-state index contributed by atoms with van der Waals surface area (Å²) in [6, 6.07) is 0.861. The zero-order valence-electron chi connectivity index (χ0n) is 9.26. The number of likely N-dealkylation sites (tertiary alicyclic amines) is 1. The molecular formula is C12H22N2. The molecule has 14 heavy (non-hydrogen) atoms. The molecule has 1 N–H and O–H groups in total. The molecule has 2 heterocycles. The molecule has 2 unspecified atom stereocenters. The van der Waals surface area contributed by atoms with E-state index in [1.807, 2.05) is 0 Å². The van der Waals surface area contributed by atoms with Crippen LogP contribution in [0.4, 0.5) is 0 Å². The minimum atomic E-state index is 0.806. The van der Waals surface area contributed by atoms with Crippen molar-refractivity contribution in [3.63, 3.8) is 0 Å². The van der Waals surface area contributed by atoms with Crippen LogP contribution in [-0.2, 0) is 0 Å². The Morgan fingerprint density at radius 2 is 2.14 bits per heavy atom. The van der Waals surface area contributed by atoms with E-state index in [4.69, 9.17) is 0 Å². The molecule has 0 radical (unpaired) electrons. The summed E-state index contributed by atoms with van der Waals surface area (Å²) in [6.45, 7) is 7.63. The van der Waals surface area contributed by atoms with Crippen molar-refractivity contribution in [2.24, 2.45) is 11.3 Å². The Balaban J connectivity index is 1.64. The van der Waals surface area contributed by atoms with E-state index in [9.17, 15) is 0 Å². The highest BCUT2D eigenvalue weighted by Gasteiger charge is 2.49. The number of nitrogens with one attached hydrogen (secondary N) is 1. The van der Waals surface area contributed by atoms with Crippen LogP contribution >= 0.6 is 0 Å². The Hall–Kier alpha value is -0.0800. The molecule has 0 aromatic carbocycles. The highest BCUT2D eigenvalue weighted by molar-refractivity contribution is 5.03. The summed E-state index contributed by atoms with van der Waals surface area (Å²) >= 11 is 0. The molecule has 2 heteroatoms. The summed E-state index contributed by atoms with van der Waals surface area (Å²) in [5, 5.41) is 3.56. The largest absolute Gasteiger partial charge is 0.315 e. The lowest BCUT2D eigenvalue weighted by Crippen LogP contribution is -2.39. The molecule has 0 aromatic rings. The van der Waals surface area contributed by atoms with Gasteiger partial charge in [0.25, 0.3) is 0 Å². The molecule has 2 aliphatic heterocycles. The van der Waals surface area contributed by atoms with Crippen LogP contribution in [0.3, 0.4) is 0 Å². The molecule has 1 aliphatic carbocycles. The van der Waals surface area contributed by atoms with Gasteiger partial charge in [0.2, 0.25) is 0 Å². The minimum absolute atomic E-state index is 0.806. The lowest BCUT2D eigenvalue weighted by atomic mass is 9.99. The van der Waals surface area contributed by atoms with Gasteiger partial charge in [0.1, 0.15) is 0 Å². The number of hydrogen-bond donors (Lipinski definition) is 1. The lowest BCUT2D eigenvalue weighted by Gasteiger charge is -2.28. The standard InChI is InChI=1S/C12H22N2/c1-2-10-7-13-8-11(10)14-6-5-12(9-14)3-4-12/h10-11,13H,2-9H2,1H3. The quantitative estimate of drug-likeness (QED) is 0.716. The fourth-order valence-corrected chi connectivity index (χ4v) is 3.40. The molecule has 1 spiro atoms. The Bertz CT molecular complexity index is 222. The van der Waals surface area contributed by atoms with Gasteiger partial charge in [-0.3, -0.25) is 4.90 Å². The predicted octanol–water partition coefficient (Wildman–Crippen LogP) is 1.47. The lowest BCUT2D eigenvalue weighted by molar-refractivity contribution is 0.199. The van der Waals surface area contributed by atoms with Gasteiger partial charge in [-0.05, 0) is 43.7 Å². The molecule has 0 bridgehead atoms. The van der Waals surface area contributed by atoms with Gasteiger partial charge < -0.3 is 5.32 Å². The van der Waals surface area contributed by atoms with E-state index in [1.165, 1.54) is 51.9 Å². The predicted molar refractivity (Wildman–Crippen MR) is 58.3 cm³/mol. The number of nitrogens with zero attached hydrogens (tertiary/aromatic N) is 1. The van der Waals surface area contributed by atoms with Crippen LogP contribution in [0, 0.1) is 11.3 Å². The maximum Gasteiger partial charge on any atom is 0.0261 e. The maximum atomic E-state index is 3.56. The van der Waals surface area contributed by atoms with Crippen LogP contribution in [0.2, 0.25) is 0 Å². The Morgan fingerprint density at radius 3 is 2.79 bits per heavy atom. The van der Waals surface area contributed by atoms with Crippen molar-refractivity contribution in [3.05, 3.63) is 0 Å². The molecule has 2 atom stereocenters. The average Bonchev–Trinajstić information content (AvgIpc) is 2.66. The molecule has 80 valence electrons. The summed E-state index contributed by atoms with van der Waals surface area (Å²) in [4.78, 5) is 2.78. The smallest absolute Gasteiger partial charge is 0.0261 e. The van der Waals surface area contributed by atoms with Gasteiger partial charge >= 0.3 is 0 Å². The van der Waals surface area contributed by atoms with E-state index in [2.05, 4.69) is 17.1 Å². The number of hydrogen-bond acceptors (Lipinski definition) is 2. The highest BCUT2D eigenvalue weighted by atomic mass is 15.2. The van der Waals surface area contributed by atoms with Crippen LogP contribution in [0.1, 0.15) is 32.6 Å². The van der Waals surface area contributed by atoms with E-state index >= 15 is 0 Å². The first kappa shape index (κ1) is 9.17. The molecule has 3 fully saturated rings. The molecular weight excluding hydrogens is 172 g/mol. The van der Waals surface area contributed by atoms with Crippen molar-refractivity contribution in [2.75, 3.05) is 26.2 Å². The van der Waals surface area contributed by atoms with E-state index in [0.29, 0.717) is 0 Å². The zero-order valence-corrected chi connectivity index (χ0v) is 9.26. The average molecular weight is 194 g/mol. The summed E-state index contributed by atoms with van der Waals surface area (Å²) < 4.78 is 0. The van der Waals surface area contributed by atoms with Gasteiger partial charge in [-0.25, -0.2) is 0 Å². The summed E-state index contributed by atoms with van der Waals surface area (Å²) in [6.07, 6.45) is 5.86. The molecule has 3 rings (SSSR count). The van der Waals surface area contributed by atoms with Gasteiger partial charge in [-0.2, -0.15) is 0 Å². The van der Waals surface area contributed by atoms with E-state index < -0.39 is 0 Å². The third-order valence-electron chi connectivity index (χ3n) is 4.72. The van der Waals surface area contributed by atoms with Crippen molar-refractivity contribution in [3.8, 4) is 0 Å². The van der Waals surface area contributed by atoms with Gasteiger partial charge in [-0.1, -0.05) is 13.3 Å². The highest BCUT2D eigenvalue weighted by Crippen LogP contribution is 2.53. The summed E-state index contributed by atoms with van der Waals surface area (Å²) in [5.41, 5.74) is 0.806. The second kappa shape index (κ2) is 3.21. The Morgan fingerprint density at radius 1 is 1.29 bits per heavy atom. The third kappa shape index (κ3) is 1.40. The zero-order chi connectivity index (χ0) is 9.60. The van der Waals surface area contributed by atoms with Crippen LogP contribution < -0.4 is 5.32 Å². The molecule has 1 saturated carbocycles. The Labute approximate surface area is 87.0 Å². The molecule has 0 aromatic heterocycles. The van der Waals surface area contributed by atoms with Crippen molar-refractivity contribution in [1.82, 2.24) is 10.2 Å². The third-order valence-corrected chi connectivity index (χ3v) is 4.72. The molecule has 2 nitrogen and oxygen atoms in total. The second-order valence-corrected chi connectivity index (χ2v) is 5.61. The van der Waals surface area contributed by atoms with Gasteiger partial charge in [-0.15, -0.1) is 0 Å². The first-order valence-corrected chi connectivity index (χ1v) is 6.28. The first-order chi connectivity index (χ1) is 6.83. The fourth-order valence-electron chi connectivity index (χ4n) is 3.40. The Kier molecular flexibility index (Phi) is 2.10. The van der Waals surface area contributed by atoms with Crippen molar-refractivity contribution in [1.29, 1.82) is 0 Å². The summed E-state index contributed by atoms with van der Waals surface area (Å²) in [5.74, 6) is 0.920. The van der Waals surface area contributed by atoms with Gasteiger partial charge in [0, 0.05) is 19.1 Å². The van der Waals surface area contributed by atoms with E-state index in [0.717, 1.165) is 17.4 Å². The monoisotopic (exact) mass is 194 g/mol. The molecule has 3 aliphatic rings. The summed E-state index contributed by atoms with van der Waals surface area (Å²) in [7, 11) is 0. The first-order valence-electron chi connectivity index (χ1n) is 6.28. The van der Waals surface area contributed by atoms with Crippen molar-refractivity contribution >= 4 is 0 Å². The van der Waals surface area contributed by atoms with Crippen molar-refractivity contribution < 1.29 is 0 Å². The fraction of sp³-hybridized carbons (Fsp3) is 1.00. The topological polar surface area (TPSA) is 15.3 Å². The van der Waals surface area contributed by atoms with Gasteiger partial charge in [0.05, 0.1) is 0 Å². The SMILES string of the molecule is CCC1CNCC1N1CCC2(CC2)C1. The second-order valence-electron chi connectivity index (χ2n) is 5.61. The van der Waals surface area contributed by atoms with Crippen LogP contribution in [0.15, 0.2) is 0 Å². The van der Waals surface area contributed by atoms with Crippen LogP contribution in [0.25, 0.3) is 0 Å². The number of rotatable bonds is 2. The maximum absolute atomic E-state index is 3.56. The van der Waals surface area contributed by atoms with Crippen LogP contribution in [-0.4, -0.2) is 37.1 Å². The molecule has 2 saturated heterocycles. The molecule has 0 amide bonds. The van der Waals surface area contributed by atoms with Crippen LogP contribution in [0.5, 0.6) is 0 Å². The normalized spacial score (nSPS) is 40.9. The van der Waals surface area contributed by atoms with E-state index in [-0.39, 0.29) is 0 Å².